The zero-order chi connectivity index (χ0) is 22.0. The van der Waals surface area contributed by atoms with Crippen LogP contribution in [0.1, 0.15) is 67.7 Å². The Morgan fingerprint density at radius 2 is 1.25 bits per heavy atom. The Hall–Kier alpha value is 0.0538. The van der Waals surface area contributed by atoms with Crippen molar-refractivity contribution in [2.45, 2.75) is 116 Å². The highest BCUT2D eigenvalue weighted by molar-refractivity contribution is 6.74. The minimum atomic E-state index is -1.89. The first-order valence-electron chi connectivity index (χ1n) is 11.2. The molecule has 166 valence electrons. The van der Waals surface area contributed by atoms with Gasteiger partial charge in [-0.1, -0.05) is 60.6 Å². The fourth-order valence-corrected chi connectivity index (χ4v) is 6.27. The maximum atomic E-state index is 10.3. The lowest BCUT2D eigenvalue weighted by atomic mass is 9.91. The van der Waals surface area contributed by atoms with E-state index in [1.807, 2.05) is 0 Å². The molecule has 1 aliphatic rings. The summed E-state index contributed by atoms with van der Waals surface area (Å²) in [5.74, 6) is 0.488. The van der Waals surface area contributed by atoms with Crippen molar-refractivity contribution < 1.29 is 14.0 Å². The predicted molar refractivity (Wildman–Crippen MR) is 127 cm³/mol. The van der Waals surface area contributed by atoms with Crippen molar-refractivity contribution >= 4 is 16.6 Å². The minimum absolute atomic E-state index is 0.0979. The molecule has 1 aliphatic carbocycles. The molecule has 0 aromatic carbocycles. The second kappa shape index (κ2) is 9.46. The summed E-state index contributed by atoms with van der Waals surface area (Å²) in [4.78, 5) is 0. The molecule has 0 bridgehead atoms. The number of aliphatic hydroxyl groups is 1. The van der Waals surface area contributed by atoms with Crippen LogP contribution >= 0.6 is 0 Å². The van der Waals surface area contributed by atoms with E-state index in [0.717, 1.165) is 19.3 Å². The number of rotatable bonds is 8. The molecule has 0 saturated heterocycles. The summed E-state index contributed by atoms with van der Waals surface area (Å²) in [5.41, 5.74) is 0. The van der Waals surface area contributed by atoms with Gasteiger partial charge >= 0.3 is 0 Å². The SMILES string of the molecule is CC/C=C\C[C@@H]1[C@H](CO)[C@@H](O[Si](C)(C)C(C)(C)C)C[C@H]1O[Si](C)(C)C(C)(C)C. The summed E-state index contributed by atoms with van der Waals surface area (Å²) in [5, 5.41) is 10.7. The lowest BCUT2D eigenvalue weighted by Gasteiger charge is -2.40. The van der Waals surface area contributed by atoms with Crippen LogP contribution in [0, 0.1) is 11.8 Å². The van der Waals surface area contributed by atoms with Crippen molar-refractivity contribution in [3.8, 4) is 0 Å². The number of hydrogen-bond donors (Lipinski definition) is 1. The summed E-state index contributed by atoms with van der Waals surface area (Å²) < 4.78 is 13.7. The molecule has 1 fully saturated rings. The molecule has 1 N–H and O–H groups in total. The maximum absolute atomic E-state index is 10.3. The van der Waals surface area contributed by atoms with Crippen molar-refractivity contribution in [1.82, 2.24) is 0 Å². The molecule has 0 radical (unpaired) electrons. The number of hydrogen-bond acceptors (Lipinski definition) is 3. The Bertz CT molecular complexity index is 515. The van der Waals surface area contributed by atoms with Crippen molar-refractivity contribution in [3.63, 3.8) is 0 Å². The summed E-state index contributed by atoms with van der Waals surface area (Å²) in [6.45, 7) is 25.4. The standard InChI is InChI=1S/C23H48O3Si2/c1-12-13-14-15-18-19(17-24)21(26-28(10,11)23(5,6)7)16-20(18)25-27(8,9)22(2,3)4/h13-14,18-21,24H,12,15-17H2,1-11H3/b14-13-/t18-,19+,20-,21+/m1/s1. The zero-order valence-electron chi connectivity index (χ0n) is 20.6. The van der Waals surface area contributed by atoms with E-state index in [4.69, 9.17) is 8.85 Å². The van der Waals surface area contributed by atoms with Crippen LogP contribution in [0.5, 0.6) is 0 Å². The van der Waals surface area contributed by atoms with Crippen LogP contribution in [0.15, 0.2) is 12.2 Å². The molecule has 0 unspecified atom stereocenters. The highest BCUT2D eigenvalue weighted by atomic mass is 28.4. The second-order valence-electron chi connectivity index (χ2n) is 11.7. The van der Waals surface area contributed by atoms with Gasteiger partial charge in [0.05, 0.1) is 12.2 Å². The fraction of sp³-hybridized carbons (Fsp3) is 0.913. The average Bonchev–Trinajstić information content (AvgIpc) is 2.80. The van der Waals surface area contributed by atoms with Gasteiger partial charge in [-0.05, 0) is 61.4 Å². The van der Waals surface area contributed by atoms with Gasteiger partial charge in [0, 0.05) is 12.5 Å². The van der Waals surface area contributed by atoms with E-state index in [1.165, 1.54) is 0 Å². The molecule has 3 nitrogen and oxygen atoms in total. The van der Waals surface area contributed by atoms with E-state index in [-0.39, 0.29) is 34.8 Å². The predicted octanol–water partition coefficient (Wildman–Crippen LogP) is 6.75. The van der Waals surface area contributed by atoms with Crippen molar-refractivity contribution in [2.75, 3.05) is 6.61 Å². The number of allylic oxidation sites excluding steroid dienone is 2. The average molecular weight is 429 g/mol. The lowest BCUT2D eigenvalue weighted by molar-refractivity contribution is 0.0744. The van der Waals surface area contributed by atoms with Gasteiger partial charge in [0.25, 0.3) is 0 Å². The van der Waals surface area contributed by atoms with Crippen molar-refractivity contribution in [1.29, 1.82) is 0 Å². The maximum Gasteiger partial charge on any atom is 0.192 e. The van der Waals surface area contributed by atoms with E-state index < -0.39 is 16.6 Å². The van der Waals surface area contributed by atoms with Crippen LogP contribution in [0.4, 0.5) is 0 Å². The minimum Gasteiger partial charge on any atom is -0.414 e. The summed E-state index contributed by atoms with van der Waals surface area (Å²) >= 11 is 0. The van der Waals surface area contributed by atoms with Crippen LogP contribution < -0.4 is 0 Å². The Morgan fingerprint density at radius 1 is 0.821 bits per heavy atom. The summed E-state index contributed by atoms with van der Waals surface area (Å²) in [7, 11) is -3.77. The molecule has 0 aromatic rings. The molecule has 0 aromatic heterocycles. The molecular weight excluding hydrogens is 380 g/mol. The molecule has 0 aliphatic heterocycles. The number of aliphatic hydroxyl groups excluding tert-OH is 1. The Labute approximate surface area is 177 Å². The molecule has 0 amide bonds. The largest absolute Gasteiger partial charge is 0.414 e. The second-order valence-corrected chi connectivity index (χ2v) is 21.2. The third-order valence-corrected chi connectivity index (χ3v) is 16.5. The van der Waals surface area contributed by atoms with Crippen LogP contribution in [0.2, 0.25) is 36.3 Å². The Kier molecular flexibility index (Phi) is 8.82. The molecule has 0 heterocycles. The first kappa shape index (κ1) is 26.1. The van der Waals surface area contributed by atoms with Crippen LogP contribution in [-0.2, 0) is 8.85 Å². The van der Waals surface area contributed by atoms with Crippen molar-refractivity contribution in [2.24, 2.45) is 11.8 Å². The van der Waals surface area contributed by atoms with Crippen molar-refractivity contribution in [3.05, 3.63) is 12.2 Å². The normalized spacial score (nSPS) is 27.7. The van der Waals surface area contributed by atoms with E-state index in [2.05, 4.69) is 86.8 Å². The van der Waals surface area contributed by atoms with Gasteiger partial charge in [0.2, 0.25) is 0 Å². The third kappa shape index (κ3) is 6.27. The van der Waals surface area contributed by atoms with E-state index in [0.29, 0.717) is 5.92 Å². The van der Waals surface area contributed by atoms with Gasteiger partial charge in [0.1, 0.15) is 0 Å². The smallest absolute Gasteiger partial charge is 0.192 e. The zero-order valence-corrected chi connectivity index (χ0v) is 22.6. The van der Waals surface area contributed by atoms with Crippen LogP contribution in [0.25, 0.3) is 0 Å². The summed E-state index contributed by atoms with van der Waals surface area (Å²) in [6, 6.07) is 0. The van der Waals surface area contributed by atoms with E-state index in [9.17, 15) is 5.11 Å². The van der Waals surface area contributed by atoms with Gasteiger partial charge in [-0.25, -0.2) is 0 Å². The first-order valence-corrected chi connectivity index (χ1v) is 17.0. The monoisotopic (exact) mass is 428 g/mol. The van der Waals surface area contributed by atoms with Gasteiger partial charge in [0.15, 0.2) is 16.6 Å². The van der Waals surface area contributed by atoms with E-state index in [1.54, 1.807) is 0 Å². The Balaban J connectivity index is 3.13. The van der Waals surface area contributed by atoms with Gasteiger partial charge in [-0.15, -0.1) is 0 Å². The third-order valence-electron chi connectivity index (χ3n) is 7.50. The highest BCUT2D eigenvalue weighted by Crippen LogP contribution is 2.47. The highest BCUT2D eigenvalue weighted by Gasteiger charge is 2.50. The molecule has 0 spiro atoms. The van der Waals surface area contributed by atoms with Crippen LogP contribution in [-0.4, -0.2) is 40.6 Å². The van der Waals surface area contributed by atoms with Gasteiger partial charge in [-0.3, -0.25) is 0 Å². The van der Waals surface area contributed by atoms with Crippen LogP contribution in [0.3, 0.4) is 0 Å². The molecule has 28 heavy (non-hydrogen) atoms. The molecule has 1 rings (SSSR count). The molecule has 5 heteroatoms. The van der Waals surface area contributed by atoms with E-state index >= 15 is 0 Å². The van der Waals surface area contributed by atoms with Gasteiger partial charge in [-0.2, -0.15) is 0 Å². The Morgan fingerprint density at radius 3 is 1.61 bits per heavy atom. The first-order chi connectivity index (χ1) is 12.6. The fourth-order valence-electron chi connectivity index (χ4n) is 3.51. The molecule has 4 atom stereocenters. The van der Waals surface area contributed by atoms with Gasteiger partial charge < -0.3 is 14.0 Å². The topological polar surface area (TPSA) is 38.7 Å². The summed E-state index contributed by atoms with van der Waals surface area (Å²) in [6.07, 6.45) is 7.72. The lowest BCUT2D eigenvalue weighted by Crippen LogP contribution is -2.45. The molecular formula is C23H48O3Si2. The quantitative estimate of drug-likeness (QED) is 0.343. The molecule has 1 saturated carbocycles.